The number of amides is 1. The van der Waals surface area contributed by atoms with Crippen molar-refractivity contribution < 1.29 is 9.18 Å². The van der Waals surface area contributed by atoms with E-state index < -0.39 is 5.82 Å². The molecule has 0 bridgehead atoms. The van der Waals surface area contributed by atoms with Gasteiger partial charge >= 0.3 is 0 Å². The first kappa shape index (κ1) is 23.0. The molecule has 178 valence electrons. The average Bonchev–Trinajstić information content (AvgIpc) is 3.44. The van der Waals surface area contributed by atoms with Gasteiger partial charge in [0, 0.05) is 49.0 Å². The highest BCUT2D eigenvalue weighted by molar-refractivity contribution is 6.34. The molecule has 1 amide bonds. The van der Waals surface area contributed by atoms with E-state index in [0.29, 0.717) is 35.3 Å². The number of likely N-dealkylation sites (N-methyl/N-ethyl adjacent to an activating group) is 1. The number of rotatable bonds is 4. The lowest BCUT2D eigenvalue weighted by molar-refractivity contribution is 0.0693. The lowest BCUT2D eigenvalue weighted by Gasteiger charge is -2.32. The van der Waals surface area contributed by atoms with E-state index in [4.69, 9.17) is 18.2 Å². The number of hydrogen-bond donors (Lipinski definition) is 1. The summed E-state index contributed by atoms with van der Waals surface area (Å²) in [5.41, 5.74) is 2.09. The van der Waals surface area contributed by atoms with Crippen molar-refractivity contribution in [2.75, 3.05) is 20.1 Å². The maximum absolute atomic E-state index is 14.5. The molecule has 0 radical (unpaired) electrons. The van der Waals surface area contributed by atoms with Crippen LogP contribution in [0.4, 0.5) is 10.1 Å². The molecule has 1 saturated heterocycles. The van der Waals surface area contributed by atoms with Gasteiger partial charge in [-0.25, -0.2) is 14.2 Å². The van der Waals surface area contributed by atoms with Crippen LogP contribution in [0.2, 0.25) is 5.15 Å². The molecule has 1 atom stereocenters. The normalized spacial score (nSPS) is 16.0. The van der Waals surface area contributed by atoms with Gasteiger partial charge in [-0.05, 0) is 44.2 Å². The minimum absolute atomic E-state index is 0.0712. The summed E-state index contributed by atoms with van der Waals surface area (Å²) in [5.74, 6) is -0.424. The summed E-state index contributed by atoms with van der Waals surface area (Å²) < 4.78 is 17.9. The fourth-order valence-corrected chi connectivity index (χ4v) is 4.67. The molecule has 3 heterocycles. The van der Waals surface area contributed by atoms with Gasteiger partial charge in [0.05, 0.1) is 12.1 Å². The second-order valence-corrected chi connectivity index (χ2v) is 8.95. The number of hydrogen-bond acceptors (Lipinski definition) is 4. The molecule has 8 nitrogen and oxygen atoms in total. The van der Waals surface area contributed by atoms with E-state index in [1.165, 1.54) is 12.1 Å². The highest BCUT2D eigenvalue weighted by atomic mass is 35.5. The van der Waals surface area contributed by atoms with Crippen molar-refractivity contribution >= 4 is 34.1 Å². The van der Waals surface area contributed by atoms with Crippen molar-refractivity contribution in [2.24, 2.45) is 7.05 Å². The Kier molecular flexibility index (Phi) is 6.01. The summed E-state index contributed by atoms with van der Waals surface area (Å²) in [6.07, 6.45) is 3.59. The quantitative estimate of drug-likeness (QED) is 0.424. The summed E-state index contributed by atoms with van der Waals surface area (Å²) in [7, 11) is 3.66. The van der Waals surface area contributed by atoms with Crippen LogP contribution in [0.15, 0.2) is 42.6 Å². The first-order chi connectivity index (χ1) is 16.9. The SMILES string of the molecule is [C-]#[N+]c1ccc(-c2nc(C(=O)N3CCC[C@H](NC)C3)cn2-c2ccc3nn(C)c(Cl)c3c2)cc1F. The molecule has 0 saturated carbocycles. The van der Waals surface area contributed by atoms with Crippen LogP contribution >= 0.6 is 11.6 Å². The standard InChI is InChI=1S/C25H23ClFN7O/c1-28-16-5-4-10-33(13-16)25(35)22-14-34(17-7-9-20-18(12-17)23(26)32(3)31-20)24(30-22)15-6-8-21(29-2)19(27)11-15/h6-9,11-12,14,16,28H,4-5,10,13H2,1,3H3/t16-/m0/s1. The number of piperidine rings is 1. The Morgan fingerprint density at radius 3 is 2.86 bits per heavy atom. The minimum atomic E-state index is -0.640. The van der Waals surface area contributed by atoms with Gasteiger partial charge in [0.2, 0.25) is 5.69 Å². The predicted molar refractivity (Wildman–Crippen MR) is 132 cm³/mol. The highest BCUT2D eigenvalue weighted by Gasteiger charge is 2.27. The van der Waals surface area contributed by atoms with E-state index in [0.717, 1.165) is 23.7 Å². The van der Waals surface area contributed by atoms with Gasteiger partial charge in [0.25, 0.3) is 5.91 Å². The Morgan fingerprint density at radius 2 is 2.11 bits per heavy atom. The lowest BCUT2D eigenvalue weighted by Crippen LogP contribution is -2.47. The molecule has 0 spiro atoms. The van der Waals surface area contributed by atoms with E-state index in [-0.39, 0.29) is 23.3 Å². The number of fused-ring (bicyclic) bond motifs is 1. The zero-order valence-electron chi connectivity index (χ0n) is 19.3. The average molecular weight is 492 g/mol. The van der Waals surface area contributed by atoms with Gasteiger partial charge in [0.1, 0.15) is 22.5 Å². The van der Waals surface area contributed by atoms with Gasteiger partial charge < -0.3 is 10.2 Å². The number of carbonyl (C=O) groups excluding carboxylic acids is 1. The van der Waals surface area contributed by atoms with Crippen LogP contribution in [-0.4, -0.2) is 56.3 Å². The molecule has 4 aromatic rings. The molecule has 1 aliphatic rings. The Labute approximate surface area is 206 Å². The van der Waals surface area contributed by atoms with E-state index in [9.17, 15) is 9.18 Å². The van der Waals surface area contributed by atoms with Crippen molar-refractivity contribution in [1.29, 1.82) is 0 Å². The van der Waals surface area contributed by atoms with Crippen LogP contribution in [0, 0.1) is 12.4 Å². The van der Waals surface area contributed by atoms with Crippen molar-refractivity contribution in [3.63, 3.8) is 0 Å². The molecule has 0 unspecified atom stereocenters. The summed E-state index contributed by atoms with van der Waals surface area (Å²) in [5, 5.41) is 8.86. The molecule has 1 N–H and O–H groups in total. The monoisotopic (exact) mass is 491 g/mol. The molecular formula is C25H23ClFN7O. The van der Waals surface area contributed by atoms with Gasteiger partial charge in [-0.15, -0.1) is 0 Å². The van der Waals surface area contributed by atoms with Crippen molar-refractivity contribution in [3.8, 4) is 17.1 Å². The predicted octanol–water partition coefficient (Wildman–Crippen LogP) is 4.59. The Morgan fingerprint density at radius 1 is 1.29 bits per heavy atom. The summed E-state index contributed by atoms with van der Waals surface area (Å²) >= 11 is 6.43. The zero-order valence-corrected chi connectivity index (χ0v) is 20.1. The molecule has 2 aromatic heterocycles. The second-order valence-electron chi connectivity index (χ2n) is 8.59. The van der Waals surface area contributed by atoms with Crippen LogP contribution in [0.5, 0.6) is 0 Å². The topological polar surface area (TPSA) is 72.3 Å². The third-order valence-corrected chi connectivity index (χ3v) is 6.84. The first-order valence-electron chi connectivity index (χ1n) is 11.3. The van der Waals surface area contributed by atoms with Crippen LogP contribution in [0.1, 0.15) is 23.3 Å². The number of carbonyl (C=O) groups is 1. The molecule has 1 fully saturated rings. The summed E-state index contributed by atoms with van der Waals surface area (Å²) in [6.45, 7) is 8.39. The largest absolute Gasteiger partial charge is 0.336 e. The first-order valence-corrected chi connectivity index (χ1v) is 11.6. The highest BCUT2D eigenvalue weighted by Crippen LogP contribution is 2.31. The van der Waals surface area contributed by atoms with Crippen LogP contribution in [-0.2, 0) is 7.05 Å². The molecule has 2 aromatic carbocycles. The fraction of sp³-hybridized carbons (Fsp3) is 0.280. The van der Waals surface area contributed by atoms with Crippen LogP contribution in [0.3, 0.4) is 0 Å². The summed E-state index contributed by atoms with van der Waals surface area (Å²) in [4.78, 5) is 23.0. The number of nitrogens with zero attached hydrogens (tertiary/aromatic N) is 6. The van der Waals surface area contributed by atoms with E-state index in [2.05, 4.69) is 20.2 Å². The molecule has 5 rings (SSSR count). The van der Waals surface area contributed by atoms with E-state index >= 15 is 0 Å². The Hall–Kier alpha value is -3.74. The number of imidazole rings is 1. The molecule has 10 heteroatoms. The Balaban J connectivity index is 1.63. The zero-order chi connectivity index (χ0) is 24.7. The van der Waals surface area contributed by atoms with Crippen molar-refractivity contribution in [2.45, 2.75) is 18.9 Å². The molecule has 1 aliphatic heterocycles. The second kappa shape index (κ2) is 9.13. The van der Waals surface area contributed by atoms with Gasteiger partial charge in [-0.1, -0.05) is 23.7 Å². The number of likely N-dealkylation sites (tertiary alicyclic amines) is 1. The van der Waals surface area contributed by atoms with E-state index in [1.54, 1.807) is 33.5 Å². The Bertz CT molecular complexity index is 1490. The maximum Gasteiger partial charge on any atom is 0.274 e. The van der Waals surface area contributed by atoms with Gasteiger partial charge in [-0.3, -0.25) is 14.0 Å². The lowest BCUT2D eigenvalue weighted by atomic mass is 10.1. The third kappa shape index (κ3) is 4.16. The van der Waals surface area contributed by atoms with Gasteiger partial charge in [-0.2, -0.15) is 5.10 Å². The van der Waals surface area contributed by atoms with Crippen LogP contribution in [0.25, 0.3) is 32.8 Å². The molecule has 0 aliphatic carbocycles. The molecule has 35 heavy (non-hydrogen) atoms. The van der Waals surface area contributed by atoms with Gasteiger partial charge in [0.15, 0.2) is 0 Å². The van der Waals surface area contributed by atoms with E-state index in [1.807, 2.05) is 25.2 Å². The summed E-state index contributed by atoms with van der Waals surface area (Å²) in [6, 6.07) is 10.1. The minimum Gasteiger partial charge on any atom is -0.336 e. The number of aromatic nitrogens is 4. The molecular weight excluding hydrogens is 469 g/mol. The smallest absolute Gasteiger partial charge is 0.274 e. The number of halogens is 2. The fourth-order valence-electron chi connectivity index (χ4n) is 4.49. The van der Waals surface area contributed by atoms with Crippen molar-refractivity contribution in [1.82, 2.24) is 29.5 Å². The number of benzene rings is 2. The third-order valence-electron chi connectivity index (χ3n) is 6.39. The van der Waals surface area contributed by atoms with Crippen LogP contribution < -0.4 is 5.32 Å². The number of aryl methyl sites for hydroxylation is 1. The number of nitrogens with one attached hydrogen (secondary N) is 1. The maximum atomic E-state index is 14.5. The van der Waals surface area contributed by atoms with Crippen molar-refractivity contribution in [3.05, 3.63) is 70.7 Å².